The second-order valence-corrected chi connectivity index (χ2v) is 6.25. The molecule has 0 radical (unpaired) electrons. The summed E-state index contributed by atoms with van der Waals surface area (Å²) in [5.74, 6) is 0.801. The monoisotopic (exact) mass is 325 g/mol. The number of nitrogens with zero attached hydrogens (tertiary/aromatic N) is 2. The third-order valence-corrected chi connectivity index (χ3v) is 4.00. The number of aliphatic imine (C=N–C) groups is 1. The molecule has 0 spiro atoms. The van der Waals surface area contributed by atoms with Gasteiger partial charge in [-0.15, -0.1) is 11.3 Å². The first-order chi connectivity index (χ1) is 10.6. The summed E-state index contributed by atoms with van der Waals surface area (Å²) in [4.78, 5) is 21.7. The molecule has 0 aliphatic carbocycles. The molecule has 1 rings (SSSR count). The molecule has 7 heteroatoms. The van der Waals surface area contributed by atoms with E-state index < -0.39 is 0 Å². The molecule has 0 saturated carbocycles. The maximum absolute atomic E-state index is 11.6. The number of aryl methyl sites for hydroxylation is 2. The summed E-state index contributed by atoms with van der Waals surface area (Å²) in [7, 11) is 0. The average molecular weight is 325 g/mol. The fraction of sp³-hybridized carbons (Fsp3) is 0.667. The predicted octanol–water partition coefficient (Wildman–Crippen LogP) is 1.73. The van der Waals surface area contributed by atoms with Gasteiger partial charge in [0.25, 0.3) is 0 Å². The van der Waals surface area contributed by atoms with Crippen molar-refractivity contribution < 1.29 is 4.79 Å². The summed E-state index contributed by atoms with van der Waals surface area (Å²) in [5, 5.41) is 10.3. The zero-order chi connectivity index (χ0) is 16.4. The van der Waals surface area contributed by atoms with E-state index in [9.17, 15) is 4.79 Å². The summed E-state index contributed by atoms with van der Waals surface area (Å²) in [6, 6.07) is 0. The molecular formula is C15H27N5OS. The van der Waals surface area contributed by atoms with Gasteiger partial charge in [-0.1, -0.05) is 6.92 Å². The Hall–Kier alpha value is -1.63. The van der Waals surface area contributed by atoms with Crippen molar-refractivity contribution in [2.45, 2.75) is 47.1 Å². The van der Waals surface area contributed by atoms with Gasteiger partial charge in [-0.2, -0.15) is 0 Å². The molecular weight excluding hydrogens is 298 g/mol. The van der Waals surface area contributed by atoms with Gasteiger partial charge in [0.2, 0.25) is 5.91 Å². The van der Waals surface area contributed by atoms with E-state index >= 15 is 0 Å². The van der Waals surface area contributed by atoms with Gasteiger partial charge in [0.05, 0.1) is 17.2 Å². The van der Waals surface area contributed by atoms with E-state index in [1.807, 2.05) is 27.7 Å². The van der Waals surface area contributed by atoms with Gasteiger partial charge in [0, 0.05) is 30.9 Å². The maximum atomic E-state index is 11.6. The molecule has 1 aromatic heterocycles. The predicted molar refractivity (Wildman–Crippen MR) is 92.3 cm³/mol. The first-order valence-corrected chi connectivity index (χ1v) is 8.60. The molecule has 6 nitrogen and oxygen atoms in total. The zero-order valence-corrected chi connectivity index (χ0v) is 14.8. The Bertz CT molecular complexity index is 498. The van der Waals surface area contributed by atoms with Crippen LogP contribution in [0.5, 0.6) is 0 Å². The van der Waals surface area contributed by atoms with Crippen molar-refractivity contribution in [3.8, 4) is 0 Å². The van der Waals surface area contributed by atoms with Crippen molar-refractivity contribution in [3.05, 3.63) is 15.6 Å². The lowest BCUT2D eigenvalue weighted by molar-refractivity contribution is -0.120. The van der Waals surface area contributed by atoms with Gasteiger partial charge in [0.15, 0.2) is 5.96 Å². The molecule has 0 aliphatic rings. The minimum atomic E-state index is 0.0686. The van der Waals surface area contributed by atoms with Crippen LogP contribution in [0.3, 0.4) is 0 Å². The SMILES string of the molecule is CCCNC(=O)CCNC(=NCc1sc(C)nc1C)NCC. The molecule has 22 heavy (non-hydrogen) atoms. The number of thiazole rings is 1. The fourth-order valence-electron chi connectivity index (χ4n) is 1.86. The standard InChI is InChI=1S/C15H27N5OS/c1-5-8-17-14(21)7-9-18-15(16-6-2)19-10-13-11(3)20-12(4)22-13/h5-10H2,1-4H3,(H,17,21)(H2,16,18,19). The molecule has 0 aromatic carbocycles. The Kier molecular flexibility index (Phi) is 8.50. The Balaban J connectivity index is 2.45. The van der Waals surface area contributed by atoms with E-state index in [1.165, 1.54) is 4.88 Å². The van der Waals surface area contributed by atoms with Crippen LogP contribution in [0.15, 0.2) is 4.99 Å². The van der Waals surface area contributed by atoms with Crippen LogP contribution in [0.1, 0.15) is 42.3 Å². The minimum Gasteiger partial charge on any atom is -0.357 e. The summed E-state index contributed by atoms with van der Waals surface area (Å²) >= 11 is 1.67. The van der Waals surface area contributed by atoms with Crippen molar-refractivity contribution in [2.75, 3.05) is 19.6 Å². The van der Waals surface area contributed by atoms with Gasteiger partial charge in [-0.3, -0.25) is 4.79 Å². The third kappa shape index (κ3) is 6.89. The molecule has 1 heterocycles. The summed E-state index contributed by atoms with van der Waals surface area (Å²) in [6.45, 7) is 10.8. The highest BCUT2D eigenvalue weighted by atomic mass is 32.1. The van der Waals surface area contributed by atoms with Crippen molar-refractivity contribution >= 4 is 23.2 Å². The van der Waals surface area contributed by atoms with Crippen molar-refractivity contribution in [3.63, 3.8) is 0 Å². The zero-order valence-electron chi connectivity index (χ0n) is 14.0. The molecule has 0 aliphatic heterocycles. The third-order valence-electron chi connectivity index (χ3n) is 2.94. The van der Waals surface area contributed by atoms with Crippen molar-refractivity contribution in [1.82, 2.24) is 20.9 Å². The largest absolute Gasteiger partial charge is 0.357 e. The number of guanidine groups is 1. The topological polar surface area (TPSA) is 78.4 Å². The van der Waals surface area contributed by atoms with Crippen LogP contribution in [-0.4, -0.2) is 36.5 Å². The molecule has 1 aromatic rings. The van der Waals surface area contributed by atoms with Crippen LogP contribution in [0.4, 0.5) is 0 Å². The number of rotatable bonds is 8. The Labute approximate surface area is 136 Å². The first-order valence-electron chi connectivity index (χ1n) is 7.78. The average Bonchev–Trinajstić information content (AvgIpc) is 2.80. The summed E-state index contributed by atoms with van der Waals surface area (Å²) < 4.78 is 0. The molecule has 0 atom stereocenters. The second kappa shape index (κ2) is 10.2. The number of nitrogens with one attached hydrogen (secondary N) is 3. The number of aromatic nitrogens is 1. The molecule has 0 unspecified atom stereocenters. The Morgan fingerprint density at radius 3 is 2.55 bits per heavy atom. The second-order valence-electron chi connectivity index (χ2n) is 4.96. The number of amides is 1. The minimum absolute atomic E-state index is 0.0686. The van der Waals surface area contributed by atoms with E-state index in [-0.39, 0.29) is 5.91 Å². The highest BCUT2D eigenvalue weighted by molar-refractivity contribution is 7.11. The quantitative estimate of drug-likeness (QED) is 0.502. The number of hydrogen-bond acceptors (Lipinski definition) is 4. The molecule has 0 saturated heterocycles. The number of carbonyl (C=O) groups is 1. The van der Waals surface area contributed by atoms with E-state index in [4.69, 9.17) is 0 Å². The van der Waals surface area contributed by atoms with Gasteiger partial charge in [0.1, 0.15) is 0 Å². The molecule has 1 amide bonds. The van der Waals surface area contributed by atoms with Gasteiger partial charge in [-0.05, 0) is 27.2 Å². The lowest BCUT2D eigenvalue weighted by Crippen LogP contribution is -2.39. The highest BCUT2D eigenvalue weighted by Gasteiger charge is 2.05. The van der Waals surface area contributed by atoms with Crippen LogP contribution in [-0.2, 0) is 11.3 Å². The lowest BCUT2D eigenvalue weighted by atomic mass is 10.3. The fourth-order valence-corrected chi connectivity index (χ4v) is 2.72. The number of carbonyl (C=O) groups excluding carboxylic acids is 1. The van der Waals surface area contributed by atoms with E-state index in [2.05, 4.69) is 25.9 Å². The first kappa shape index (κ1) is 18.4. The molecule has 124 valence electrons. The van der Waals surface area contributed by atoms with Crippen molar-refractivity contribution in [1.29, 1.82) is 0 Å². The van der Waals surface area contributed by atoms with Gasteiger partial charge < -0.3 is 16.0 Å². The van der Waals surface area contributed by atoms with Crippen LogP contribution >= 0.6 is 11.3 Å². The summed E-state index contributed by atoms with van der Waals surface area (Å²) in [6.07, 6.45) is 1.40. The van der Waals surface area contributed by atoms with E-state index in [0.717, 1.165) is 36.2 Å². The maximum Gasteiger partial charge on any atom is 0.221 e. The number of hydrogen-bond donors (Lipinski definition) is 3. The molecule has 0 bridgehead atoms. The Morgan fingerprint density at radius 1 is 1.18 bits per heavy atom. The lowest BCUT2D eigenvalue weighted by Gasteiger charge is -2.11. The van der Waals surface area contributed by atoms with Crippen molar-refractivity contribution in [2.24, 2.45) is 4.99 Å². The van der Waals surface area contributed by atoms with Crippen LogP contribution in [0.25, 0.3) is 0 Å². The molecule has 3 N–H and O–H groups in total. The Morgan fingerprint density at radius 2 is 1.95 bits per heavy atom. The van der Waals surface area contributed by atoms with Crippen LogP contribution < -0.4 is 16.0 Å². The summed E-state index contributed by atoms with van der Waals surface area (Å²) in [5.41, 5.74) is 1.04. The van der Waals surface area contributed by atoms with Crippen LogP contribution in [0, 0.1) is 13.8 Å². The van der Waals surface area contributed by atoms with E-state index in [0.29, 0.717) is 19.5 Å². The van der Waals surface area contributed by atoms with Gasteiger partial charge >= 0.3 is 0 Å². The normalized spacial score (nSPS) is 11.4. The molecule has 0 fully saturated rings. The van der Waals surface area contributed by atoms with E-state index in [1.54, 1.807) is 11.3 Å². The van der Waals surface area contributed by atoms with Gasteiger partial charge in [-0.25, -0.2) is 9.98 Å². The highest BCUT2D eigenvalue weighted by Crippen LogP contribution is 2.17. The van der Waals surface area contributed by atoms with Crippen LogP contribution in [0.2, 0.25) is 0 Å². The smallest absolute Gasteiger partial charge is 0.221 e.